The van der Waals surface area contributed by atoms with Gasteiger partial charge in [-0.05, 0) is 55.7 Å². The molecule has 0 aliphatic carbocycles. The fourth-order valence-corrected chi connectivity index (χ4v) is 7.63. The van der Waals surface area contributed by atoms with Crippen LogP contribution in [0.3, 0.4) is 0 Å². The van der Waals surface area contributed by atoms with Crippen LogP contribution in [0.5, 0.6) is 5.75 Å². The van der Waals surface area contributed by atoms with Gasteiger partial charge in [-0.3, -0.25) is 0 Å². The first-order valence-corrected chi connectivity index (χ1v) is 11.8. The Morgan fingerprint density at radius 3 is 2.55 bits per heavy atom. The zero-order chi connectivity index (χ0) is 22.0. The molecule has 0 bridgehead atoms. The molecule has 2 aromatic rings. The molecule has 1 N–H and O–H groups in total. The van der Waals surface area contributed by atoms with E-state index in [0.717, 1.165) is 12.1 Å². The number of urea groups is 1. The quantitative estimate of drug-likeness (QED) is 0.730. The van der Waals surface area contributed by atoms with Gasteiger partial charge in [-0.2, -0.15) is 0 Å². The van der Waals surface area contributed by atoms with Gasteiger partial charge in [0, 0.05) is 17.6 Å². The average Bonchev–Trinajstić information content (AvgIpc) is 2.75. The molecule has 10 heteroatoms. The largest absolute Gasteiger partial charge is 0.488 e. The van der Waals surface area contributed by atoms with Crippen LogP contribution >= 0.6 is 11.6 Å². The molecule has 1 unspecified atom stereocenters. The predicted octanol–water partition coefficient (Wildman–Crippen LogP) is 3.63. The van der Waals surface area contributed by atoms with Gasteiger partial charge in [-0.25, -0.2) is 22.0 Å². The second kappa shape index (κ2) is 7.06. The molecule has 31 heavy (non-hydrogen) atoms. The summed E-state index contributed by atoms with van der Waals surface area (Å²) in [5.74, 6) is -2.13. The van der Waals surface area contributed by atoms with Crippen LogP contribution in [0.4, 0.5) is 13.6 Å². The molecule has 0 aromatic heterocycles. The van der Waals surface area contributed by atoms with Crippen molar-refractivity contribution < 1.29 is 26.7 Å². The van der Waals surface area contributed by atoms with Crippen LogP contribution in [0, 0.1) is 11.6 Å². The van der Waals surface area contributed by atoms with E-state index in [0.29, 0.717) is 24.4 Å². The van der Waals surface area contributed by atoms with Crippen LogP contribution < -0.4 is 10.1 Å². The first kappa shape index (κ1) is 20.5. The second-order valence-electron chi connectivity index (χ2n) is 8.03. The van der Waals surface area contributed by atoms with Crippen molar-refractivity contribution >= 4 is 27.5 Å². The number of hydrogen-bond acceptors (Lipinski definition) is 4. The fraction of sp³-hybridized carbons (Fsp3) is 0.381. The van der Waals surface area contributed by atoms with Gasteiger partial charge in [0.05, 0.1) is 16.5 Å². The van der Waals surface area contributed by atoms with Gasteiger partial charge in [0.2, 0.25) is 0 Å². The third kappa shape index (κ3) is 2.79. The number of carbonyl (C=O) groups excluding carboxylic acids is 1. The van der Waals surface area contributed by atoms with Crippen molar-refractivity contribution in [3.8, 4) is 5.75 Å². The smallest absolute Gasteiger partial charge is 0.318 e. The number of amides is 2. The molecule has 0 spiro atoms. The van der Waals surface area contributed by atoms with E-state index in [2.05, 4.69) is 5.32 Å². The van der Waals surface area contributed by atoms with E-state index >= 15 is 4.39 Å². The highest BCUT2D eigenvalue weighted by molar-refractivity contribution is 7.92. The molecule has 3 heterocycles. The standard InChI is InChI=1S/C21H19ClF2N2O4S/c22-12-1-3-14(4-2-12)31(28,29)21-9-7-13-8-10-25-20(27)26(13)17(21)11-30-19-16(24)6-5-15(23)18(19)21/h1-6,13,17H,7-11H2,(H,25,27)/t13-,17+,21?/m0/s1. The van der Waals surface area contributed by atoms with Crippen molar-refractivity contribution in [2.24, 2.45) is 0 Å². The number of hydrogen-bond donors (Lipinski definition) is 1. The number of piperidine rings is 1. The summed E-state index contributed by atoms with van der Waals surface area (Å²) < 4.78 is 61.8. The van der Waals surface area contributed by atoms with E-state index in [1.807, 2.05) is 0 Å². The summed E-state index contributed by atoms with van der Waals surface area (Å²) in [4.78, 5) is 14.2. The molecule has 2 amide bonds. The van der Waals surface area contributed by atoms with Gasteiger partial charge in [0.1, 0.15) is 17.2 Å². The molecular weight excluding hydrogens is 450 g/mol. The summed E-state index contributed by atoms with van der Waals surface area (Å²) >= 11 is 5.93. The van der Waals surface area contributed by atoms with Crippen molar-refractivity contribution in [2.75, 3.05) is 13.2 Å². The van der Waals surface area contributed by atoms with E-state index < -0.39 is 44.0 Å². The maximum atomic E-state index is 15.2. The van der Waals surface area contributed by atoms with Gasteiger partial charge >= 0.3 is 6.03 Å². The average molecular weight is 469 g/mol. The van der Waals surface area contributed by atoms with E-state index in [9.17, 15) is 17.6 Å². The number of rotatable bonds is 2. The highest BCUT2D eigenvalue weighted by atomic mass is 35.5. The van der Waals surface area contributed by atoms with E-state index in [4.69, 9.17) is 16.3 Å². The van der Waals surface area contributed by atoms with Crippen LogP contribution in [-0.2, 0) is 14.6 Å². The van der Waals surface area contributed by atoms with Gasteiger partial charge in [0.15, 0.2) is 21.4 Å². The topological polar surface area (TPSA) is 75.7 Å². The predicted molar refractivity (Wildman–Crippen MR) is 109 cm³/mol. The van der Waals surface area contributed by atoms with Gasteiger partial charge in [0.25, 0.3) is 0 Å². The lowest BCUT2D eigenvalue weighted by atomic mass is 9.77. The summed E-state index contributed by atoms with van der Waals surface area (Å²) in [6.45, 7) is 0.216. The number of ether oxygens (including phenoxy) is 1. The fourth-order valence-electron chi connectivity index (χ4n) is 5.20. The van der Waals surface area contributed by atoms with Crippen molar-refractivity contribution in [1.29, 1.82) is 0 Å². The van der Waals surface area contributed by atoms with Gasteiger partial charge in [-0.1, -0.05) is 11.6 Å². The molecule has 6 nitrogen and oxygen atoms in total. The highest BCUT2D eigenvalue weighted by Crippen LogP contribution is 2.55. The number of sulfone groups is 1. The molecule has 3 aliphatic heterocycles. The molecule has 2 aromatic carbocycles. The summed E-state index contributed by atoms with van der Waals surface area (Å²) in [5, 5.41) is 3.08. The Morgan fingerprint density at radius 2 is 1.81 bits per heavy atom. The number of carbonyl (C=O) groups is 1. The molecule has 0 radical (unpaired) electrons. The van der Waals surface area contributed by atoms with Crippen LogP contribution in [0.2, 0.25) is 5.02 Å². The lowest BCUT2D eigenvalue weighted by Crippen LogP contribution is -2.70. The minimum Gasteiger partial charge on any atom is -0.488 e. The molecule has 3 aliphatic rings. The maximum Gasteiger partial charge on any atom is 0.318 e. The van der Waals surface area contributed by atoms with E-state index in [-0.39, 0.29) is 29.5 Å². The summed E-state index contributed by atoms with van der Waals surface area (Å²) in [6, 6.07) is 5.72. The Balaban J connectivity index is 1.80. The number of halogens is 3. The maximum absolute atomic E-state index is 15.2. The molecule has 5 rings (SSSR count). The third-order valence-corrected chi connectivity index (χ3v) is 9.36. The second-order valence-corrected chi connectivity index (χ2v) is 10.7. The lowest BCUT2D eigenvalue weighted by Gasteiger charge is -2.55. The lowest BCUT2D eigenvalue weighted by molar-refractivity contribution is 0.0210. The number of fused-ring (bicyclic) bond motifs is 5. The Hall–Kier alpha value is -2.39. The van der Waals surface area contributed by atoms with Crippen LogP contribution in [0.25, 0.3) is 0 Å². The molecule has 3 atom stereocenters. The van der Waals surface area contributed by atoms with Crippen LogP contribution in [-0.4, -0.2) is 44.6 Å². The van der Waals surface area contributed by atoms with Crippen molar-refractivity contribution in [3.05, 3.63) is 58.6 Å². The first-order valence-electron chi connectivity index (χ1n) is 9.95. The van der Waals surface area contributed by atoms with Crippen LogP contribution in [0.15, 0.2) is 41.3 Å². The summed E-state index contributed by atoms with van der Waals surface area (Å²) in [7, 11) is -4.29. The normalized spacial score (nSPS) is 27.5. The number of nitrogens with zero attached hydrogens (tertiary/aromatic N) is 1. The minimum absolute atomic E-state index is 0.0355. The Bertz CT molecular complexity index is 1170. The third-order valence-electron chi connectivity index (χ3n) is 6.58. The molecule has 0 saturated carbocycles. The molecule has 164 valence electrons. The zero-order valence-electron chi connectivity index (χ0n) is 16.3. The van der Waals surface area contributed by atoms with Crippen molar-refractivity contribution in [3.63, 3.8) is 0 Å². The number of benzene rings is 2. The van der Waals surface area contributed by atoms with Gasteiger partial charge in [-0.15, -0.1) is 0 Å². The van der Waals surface area contributed by atoms with Crippen molar-refractivity contribution in [2.45, 2.75) is 41.0 Å². The Morgan fingerprint density at radius 1 is 1.10 bits per heavy atom. The molecule has 2 saturated heterocycles. The van der Waals surface area contributed by atoms with Gasteiger partial charge < -0.3 is 15.0 Å². The van der Waals surface area contributed by atoms with E-state index in [1.165, 1.54) is 29.2 Å². The highest BCUT2D eigenvalue weighted by Gasteiger charge is 2.63. The first-order chi connectivity index (χ1) is 14.8. The Labute approximate surface area is 183 Å². The van der Waals surface area contributed by atoms with E-state index in [1.54, 1.807) is 0 Å². The molecule has 2 fully saturated rings. The van der Waals surface area contributed by atoms with Crippen LogP contribution in [0.1, 0.15) is 24.8 Å². The van der Waals surface area contributed by atoms with Crippen molar-refractivity contribution in [1.82, 2.24) is 10.2 Å². The summed E-state index contributed by atoms with van der Waals surface area (Å²) in [6.07, 6.45) is 1.01. The summed E-state index contributed by atoms with van der Waals surface area (Å²) in [5.41, 5.74) is -0.351. The number of nitrogens with one attached hydrogen (secondary N) is 1. The monoisotopic (exact) mass is 468 g/mol. The Kier molecular flexibility index (Phi) is 4.67. The SMILES string of the molecule is O=C1NCC[C@@H]2CCC3(S(=O)(=O)c4ccc(Cl)cc4)c4c(F)ccc(F)c4OC[C@H]3N12. The zero-order valence-corrected chi connectivity index (χ0v) is 17.8. The molecular formula is C21H19ClF2N2O4S. The minimum atomic E-state index is -4.29.